The molecule has 0 saturated heterocycles. The predicted molar refractivity (Wildman–Crippen MR) is 129 cm³/mol. The summed E-state index contributed by atoms with van der Waals surface area (Å²) in [4.78, 5) is 37.6. The number of thiophene rings is 1. The maximum absolute atomic E-state index is 12.5. The number of benzene rings is 2. The van der Waals surface area contributed by atoms with Crippen LogP contribution in [0.1, 0.15) is 47.3 Å². The topological polar surface area (TPSA) is 100 Å². The zero-order valence-corrected chi connectivity index (χ0v) is 19.1. The maximum atomic E-state index is 12.5. The second kappa shape index (κ2) is 11.1. The van der Waals surface area contributed by atoms with E-state index >= 15 is 0 Å². The minimum Gasteiger partial charge on any atom is -0.467 e. The van der Waals surface area contributed by atoms with Crippen molar-refractivity contribution in [2.24, 2.45) is 0 Å². The summed E-state index contributed by atoms with van der Waals surface area (Å²) in [5.41, 5.74) is 2.73. The van der Waals surface area contributed by atoms with E-state index in [1.165, 1.54) is 11.3 Å². The smallest absolute Gasteiger partial charge is 0.261 e. The largest absolute Gasteiger partial charge is 0.467 e. The van der Waals surface area contributed by atoms with Crippen LogP contribution in [0.2, 0.25) is 0 Å². The van der Waals surface area contributed by atoms with Crippen LogP contribution >= 0.6 is 11.3 Å². The number of carbonyl (C=O) groups excluding carboxylic acids is 3. The van der Waals surface area contributed by atoms with Crippen molar-refractivity contribution in [2.75, 3.05) is 0 Å². The number of nitrogens with one attached hydrogen (secondary N) is 3. The summed E-state index contributed by atoms with van der Waals surface area (Å²) in [5, 5.41) is 10.4. The summed E-state index contributed by atoms with van der Waals surface area (Å²) >= 11 is 1.39. The van der Waals surface area contributed by atoms with Gasteiger partial charge in [0, 0.05) is 24.2 Å². The van der Waals surface area contributed by atoms with Gasteiger partial charge in [0.05, 0.1) is 17.7 Å². The van der Waals surface area contributed by atoms with Gasteiger partial charge in [-0.1, -0.05) is 30.3 Å². The molecular formula is C26H23N3O4S. The molecule has 2 aromatic carbocycles. The number of hydrogen-bond donors (Lipinski definition) is 3. The third kappa shape index (κ3) is 6.20. The van der Waals surface area contributed by atoms with Gasteiger partial charge in [-0.3, -0.25) is 14.4 Å². The molecule has 0 atom stereocenters. The first kappa shape index (κ1) is 23.0. The molecule has 0 bridgehead atoms. The number of furan rings is 1. The molecular weight excluding hydrogens is 450 g/mol. The van der Waals surface area contributed by atoms with Crippen molar-refractivity contribution in [3.05, 3.63) is 117 Å². The molecule has 0 saturated carbocycles. The van der Waals surface area contributed by atoms with E-state index in [1.807, 2.05) is 29.6 Å². The highest BCUT2D eigenvalue weighted by Crippen LogP contribution is 2.10. The fourth-order valence-corrected chi connectivity index (χ4v) is 3.88. The lowest BCUT2D eigenvalue weighted by molar-refractivity contribution is 0.0942. The summed E-state index contributed by atoms with van der Waals surface area (Å²) in [6.07, 6.45) is 1.56. The summed E-state index contributed by atoms with van der Waals surface area (Å²) in [7, 11) is 0. The monoisotopic (exact) mass is 473 g/mol. The molecule has 2 aromatic heterocycles. The zero-order chi connectivity index (χ0) is 23.8. The maximum Gasteiger partial charge on any atom is 0.261 e. The third-order valence-electron chi connectivity index (χ3n) is 5.06. The molecule has 0 fully saturated rings. The highest BCUT2D eigenvalue weighted by Gasteiger charge is 2.10. The molecule has 0 spiro atoms. The summed E-state index contributed by atoms with van der Waals surface area (Å²) in [5.74, 6) is 0.120. The van der Waals surface area contributed by atoms with Crippen LogP contribution in [0.5, 0.6) is 0 Å². The van der Waals surface area contributed by atoms with Crippen LogP contribution in [-0.2, 0) is 19.6 Å². The van der Waals surface area contributed by atoms with E-state index in [2.05, 4.69) is 16.0 Å². The second-order valence-electron chi connectivity index (χ2n) is 7.50. The van der Waals surface area contributed by atoms with Crippen LogP contribution in [0.25, 0.3) is 0 Å². The summed E-state index contributed by atoms with van der Waals surface area (Å²) in [6, 6.07) is 21.3. The van der Waals surface area contributed by atoms with E-state index in [1.54, 1.807) is 54.8 Å². The van der Waals surface area contributed by atoms with Crippen molar-refractivity contribution in [1.29, 1.82) is 0 Å². The molecule has 0 radical (unpaired) electrons. The predicted octanol–water partition coefficient (Wildman–Crippen LogP) is 4.13. The van der Waals surface area contributed by atoms with Gasteiger partial charge in [0.1, 0.15) is 5.76 Å². The molecule has 2 heterocycles. The van der Waals surface area contributed by atoms with E-state index in [-0.39, 0.29) is 24.3 Å². The molecule has 4 rings (SSSR count). The van der Waals surface area contributed by atoms with Gasteiger partial charge in [0.15, 0.2) is 0 Å². The van der Waals surface area contributed by atoms with Gasteiger partial charge in [-0.05, 0) is 59.0 Å². The molecule has 3 N–H and O–H groups in total. The van der Waals surface area contributed by atoms with Gasteiger partial charge in [-0.2, -0.15) is 0 Å². The van der Waals surface area contributed by atoms with Gasteiger partial charge < -0.3 is 20.4 Å². The van der Waals surface area contributed by atoms with Crippen molar-refractivity contribution in [1.82, 2.24) is 16.0 Å². The fourth-order valence-electron chi connectivity index (χ4n) is 3.24. The SMILES string of the molecule is O=C(NCc1cccc(C(=O)NCc2ccco2)c1)c1ccc(CNC(=O)c2cccs2)cc1. The van der Waals surface area contributed by atoms with Crippen LogP contribution in [0.4, 0.5) is 0 Å². The Balaban J connectivity index is 1.26. The summed E-state index contributed by atoms with van der Waals surface area (Å²) < 4.78 is 5.22. The Morgan fingerprint density at radius 3 is 2.15 bits per heavy atom. The summed E-state index contributed by atoms with van der Waals surface area (Å²) in [6.45, 7) is 0.977. The first-order valence-electron chi connectivity index (χ1n) is 10.7. The lowest BCUT2D eigenvalue weighted by Gasteiger charge is -2.09. The molecule has 4 aromatic rings. The molecule has 34 heavy (non-hydrogen) atoms. The van der Waals surface area contributed by atoms with Crippen LogP contribution in [0, 0.1) is 0 Å². The minimum absolute atomic E-state index is 0.117. The quantitative estimate of drug-likeness (QED) is 0.340. The Kier molecular flexibility index (Phi) is 7.52. The van der Waals surface area contributed by atoms with Crippen molar-refractivity contribution in [2.45, 2.75) is 19.6 Å². The van der Waals surface area contributed by atoms with Gasteiger partial charge in [0.25, 0.3) is 17.7 Å². The normalized spacial score (nSPS) is 10.5. The average Bonchev–Trinajstić information content (AvgIpc) is 3.60. The van der Waals surface area contributed by atoms with Gasteiger partial charge >= 0.3 is 0 Å². The standard InChI is InChI=1S/C26H23N3O4S/c30-24(20-10-8-18(9-11-20)15-28-26(32)23-7-3-13-34-23)27-16-19-4-1-5-21(14-19)25(31)29-17-22-6-2-12-33-22/h1-14H,15-17H2,(H,27,30)(H,28,32)(H,29,31). The van der Waals surface area contributed by atoms with Crippen LogP contribution < -0.4 is 16.0 Å². The Bertz CT molecular complexity index is 1250. The Labute approximate surface area is 200 Å². The van der Waals surface area contributed by atoms with Crippen LogP contribution in [0.15, 0.2) is 88.9 Å². The van der Waals surface area contributed by atoms with Gasteiger partial charge in [-0.25, -0.2) is 0 Å². The molecule has 0 aliphatic heterocycles. The number of hydrogen-bond acceptors (Lipinski definition) is 5. The van der Waals surface area contributed by atoms with E-state index in [0.29, 0.717) is 34.9 Å². The lowest BCUT2D eigenvalue weighted by atomic mass is 10.1. The van der Waals surface area contributed by atoms with Gasteiger partial charge in [-0.15, -0.1) is 11.3 Å². The zero-order valence-electron chi connectivity index (χ0n) is 18.2. The Morgan fingerprint density at radius 2 is 1.41 bits per heavy atom. The van der Waals surface area contributed by atoms with Gasteiger partial charge in [0.2, 0.25) is 0 Å². The molecule has 3 amide bonds. The van der Waals surface area contributed by atoms with E-state index in [9.17, 15) is 14.4 Å². The molecule has 7 nitrogen and oxygen atoms in total. The minimum atomic E-state index is -0.221. The van der Waals surface area contributed by atoms with Crippen LogP contribution in [0.3, 0.4) is 0 Å². The molecule has 8 heteroatoms. The second-order valence-corrected chi connectivity index (χ2v) is 8.45. The fraction of sp³-hybridized carbons (Fsp3) is 0.115. The lowest BCUT2D eigenvalue weighted by Crippen LogP contribution is -2.24. The first-order valence-corrected chi connectivity index (χ1v) is 11.5. The van der Waals surface area contributed by atoms with E-state index in [0.717, 1.165) is 11.1 Å². The van der Waals surface area contributed by atoms with Crippen molar-refractivity contribution in [3.8, 4) is 0 Å². The molecule has 0 aliphatic carbocycles. The Hall–Kier alpha value is -4.17. The van der Waals surface area contributed by atoms with Crippen LogP contribution in [-0.4, -0.2) is 17.7 Å². The molecule has 0 unspecified atom stereocenters. The first-order chi connectivity index (χ1) is 16.6. The third-order valence-corrected chi connectivity index (χ3v) is 5.93. The highest BCUT2D eigenvalue weighted by molar-refractivity contribution is 7.12. The van der Waals surface area contributed by atoms with E-state index < -0.39 is 0 Å². The highest BCUT2D eigenvalue weighted by atomic mass is 32.1. The van der Waals surface area contributed by atoms with E-state index in [4.69, 9.17) is 4.42 Å². The van der Waals surface area contributed by atoms with Crippen molar-refractivity contribution >= 4 is 29.1 Å². The van der Waals surface area contributed by atoms with Crippen molar-refractivity contribution < 1.29 is 18.8 Å². The molecule has 0 aliphatic rings. The number of amides is 3. The molecule has 172 valence electrons. The average molecular weight is 474 g/mol. The number of carbonyl (C=O) groups is 3. The van der Waals surface area contributed by atoms with Crippen molar-refractivity contribution in [3.63, 3.8) is 0 Å². The number of rotatable bonds is 9. The Morgan fingerprint density at radius 1 is 0.676 bits per heavy atom.